The number of rotatable bonds is 4. The molecule has 2 heterocycles. The number of benzene rings is 1. The number of hydrogen-bond acceptors (Lipinski definition) is 4. The number of morpholine rings is 1. The van der Waals surface area contributed by atoms with Gasteiger partial charge in [0, 0.05) is 25.7 Å². The number of hydrogen-bond donors (Lipinski definition) is 0. The molecule has 0 radical (unpaired) electrons. The van der Waals surface area contributed by atoms with Crippen molar-refractivity contribution in [3.05, 3.63) is 29.8 Å². The lowest BCUT2D eigenvalue weighted by Crippen LogP contribution is -2.41. The van der Waals surface area contributed by atoms with E-state index in [1.807, 2.05) is 18.2 Å². The molecular formula is C17H26N2O3S. The zero-order valence-electron chi connectivity index (χ0n) is 13.8. The zero-order valence-corrected chi connectivity index (χ0v) is 14.6. The topological polar surface area (TPSA) is 49.9 Å². The third kappa shape index (κ3) is 3.76. The molecule has 0 aromatic heterocycles. The summed E-state index contributed by atoms with van der Waals surface area (Å²) < 4.78 is 32.8. The highest BCUT2D eigenvalue weighted by molar-refractivity contribution is 7.89. The molecule has 2 aliphatic rings. The summed E-state index contributed by atoms with van der Waals surface area (Å²) in [6.07, 6.45) is 3.66. The SMILES string of the molecule is CC1CCCCN1Cc1ccccc1S(=O)(=O)N1CCOCC1. The van der Waals surface area contributed by atoms with Gasteiger partial charge in [0.2, 0.25) is 10.0 Å². The Morgan fingerprint density at radius 2 is 1.87 bits per heavy atom. The fraction of sp³-hybridized carbons (Fsp3) is 0.647. The Balaban J connectivity index is 1.85. The van der Waals surface area contributed by atoms with Crippen molar-refractivity contribution in [1.82, 2.24) is 9.21 Å². The molecule has 1 atom stereocenters. The molecule has 0 aliphatic carbocycles. The van der Waals surface area contributed by atoms with E-state index in [0.717, 1.165) is 12.1 Å². The van der Waals surface area contributed by atoms with E-state index in [9.17, 15) is 8.42 Å². The van der Waals surface area contributed by atoms with E-state index in [1.54, 1.807) is 10.4 Å². The normalized spacial score (nSPS) is 24.7. The molecular weight excluding hydrogens is 312 g/mol. The molecule has 1 aromatic rings. The van der Waals surface area contributed by atoms with Gasteiger partial charge in [0.05, 0.1) is 18.1 Å². The molecule has 0 spiro atoms. The van der Waals surface area contributed by atoms with Gasteiger partial charge in [0.1, 0.15) is 0 Å². The quantitative estimate of drug-likeness (QED) is 0.843. The molecule has 6 heteroatoms. The maximum atomic E-state index is 13.0. The molecule has 0 amide bonds. The summed E-state index contributed by atoms with van der Waals surface area (Å²) in [7, 11) is -3.43. The van der Waals surface area contributed by atoms with Gasteiger partial charge in [-0.1, -0.05) is 24.6 Å². The smallest absolute Gasteiger partial charge is 0.243 e. The lowest BCUT2D eigenvalue weighted by atomic mass is 10.0. The second kappa shape index (κ2) is 7.30. The zero-order chi connectivity index (χ0) is 16.3. The molecule has 23 heavy (non-hydrogen) atoms. The maximum absolute atomic E-state index is 13.0. The minimum absolute atomic E-state index is 0.441. The van der Waals surface area contributed by atoms with Crippen LogP contribution in [0.4, 0.5) is 0 Å². The first-order chi connectivity index (χ1) is 11.1. The summed E-state index contributed by atoms with van der Waals surface area (Å²) in [4.78, 5) is 2.86. The summed E-state index contributed by atoms with van der Waals surface area (Å²) in [6, 6.07) is 7.96. The summed E-state index contributed by atoms with van der Waals surface area (Å²) in [5.41, 5.74) is 0.910. The summed E-state index contributed by atoms with van der Waals surface area (Å²) in [6.45, 7) is 5.83. The first-order valence-corrected chi connectivity index (χ1v) is 9.93. The van der Waals surface area contributed by atoms with Crippen LogP contribution in [0.3, 0.4) is 0 Å². The number of nitrogens with zero attached hydrogens (tertiary/aromatic N) is 2. The predicted octanol–water partition coefficient (Wildman–Crippen LogP) is 2.08. The highest BCUT2D eigenvalue weighted by atomic mass is 32.2. The fourth-order valence-electron chi connectivity index (χ4n) is 3.42. The second-order valence-electron chi connectivity index (χ2n) is 6.44. The van der Waals surface area contributed by atoms with Gasteiger partial charge < -0.3 is 4.74 Å². The lowest BCUT2D eigenvalue weighted by molar-refractivity contribution is 0.0729. The number of ether oxygens (including phenoxy) is 1. The van der Waals surface area contributed by atoms with Crippen LogP contribution >= 0.6 is 0 Å². The highest BCUT2D eigenvalue weighted by Gasteiger charge is 2.29. The van der Waals surface area contributed by atoms with Gasteiger partial charge in [0.15, 0.2) is 0 Å². The van der Waals surface area contributed by atoms with Crippen LogP contribution in [0.2, 0.25) is 0 Å². The summed E-state index contributed by atoms with van der Waals surface area (Å²) >= 11 is 0. The molecule has 3 rings (SSSR count). The van der Waals surface area contributed by atoms with Gasteiger partial charge >= 0.3 is 0 Å². The second-order valence-corrected chi connectivity index (χ2v) is 8.35. The molecule has 5 nitrogen and oxygen atoms in total. The van der Waals surface area contributed by atoms with E-state index < -0.39 is 10.0 Å². The number of likely N-dealkylation sites (tertiary alicyclic amines) is 1. The van der Waals surface area contributed by atoms with Crippen LogP contribution in [0.5, 0.6) is 0 Å². The standard InChI is InChI=1S/C17H26N2O3S/c1-15-6-4-5-9-18(15)14-16-7-2-3-8-17(16)23(20,21)19-10-12-22-13-11-19/h2-3,7-8,15H,4-6,9-14H2,1H3. The molecule has 1 aromatic carbocycles. The Morgan fingerprint density at radius 1 is 1.13 bits per heavy atom. The number of piperidine rings is 1. The number of sulfonamides is 1. The van der Waals surface area contributed by atoms with Crippen LogP contribution in [0.15, 0.2) is 29.2 Å². The van der Waals surface area contributed by atoms with Crippen molar-refractivity contribution in [1.29, 1.82) is 0 Å². The third-order valence-corrected chi connectivity index (χ3v) is 6.87. The molecule has 2 aliphatic heterocycles. The van der Waals surface area contributed by atoms with Gasteiger partial charge in [0.25, 0.3) is 0 Å². The predicted molar refractivity (Wildman–Crippen MR) is 89.7 cm³/mol. The molecule has 128 valence electrons. The Morgan fingerprint density at radius 3 is 2.61 bits per heavy atom. The molecule has 0 saturated carbocycles. The van der Waals surface area contributed by atoms with Crippen LogP contribution in [-0.4, -0.2) is 56.5 Å². The molecule has 0 N–H and O–H groups in total. The minimum Gasteiger partial charge on any atom is -0.379 e. The van der Waals surface area contributed by atoms with Crippen LogP contribution in [0.1, 0.15) is 31.7 Å². The Bertz CT molecular complexity index is 626. The summed E-state index contributed by atoms with van der Waals surface area (Å²) in [5.74, 6) is 0. The Labute approximate surface area is 139 Å². The minimum atomic E-state index is -3.43. The molecule has 1 unspecified atom stereocenters. The van der Waals surface area contributed by atoms with E-state index in [2.05, 4.69) is 11.8 Å². The maximum Gasteiger partial charge on any atom is 0.243 e. The van der Waals surface area contributed by atoms with Crippen LogP contribution in [0.25, 0.3) is 0 Å². The summed E-state index contributed by atoms with van der Waals surface area (Å²) in [5, 5.41) is 0. The monoisotopic (exact) mass is 338 g/mol. The van der Waals surface area contributed by atoms with Gasteiger partial charge in [-0.15, -0.1) is 0 Å². The van der Waals surface area contributed by atoms with Crippen molar-refractivity contribution < 1.29 is 13.2 Å². The molecule has 2 fully saturated rings. The van der Waals surface area contributed by atoms with Crippen molar-refractivity contribution >= 4 is 10.0 Å². The third-order valence-electron chi connectivity index (χ3n) is 4.87. The van der Waals surface area contributed by atoms with Crippen LogP contribution in [0, 0.1) is 0 Å². The molecule has 2 saturated heterocycles. The van der Waals surface area contributed by atoms with Crippen LogP contribution in [-0.2, 0) is 21.3 Å². The Hall–Kier alpha value is -0.950. The van der Waals surface area contributed by atoms with E-state index >= 15 is 0 Å². The van der Waals surface area contributed by atoms with Crippen LogP contribution < -0.4 is 0 Å². The van der Waals surface area contributed by atoms with Gasteiger partial charge in [-0.2, -0.15) is 4.31 Å². The van der Waals surface area contributed by atoms with Crippen molar-refractivity contribution in [2.24, 2.45) is 0 Å². The van der Waals surface area contributed by atoms with E-state index in [4.69, 9.17) is 4.74 Å². The van der Waals surface area contributed by atoms with Gasteiger partial charge in [-0.3, -0.25) is 4.90 Å². The first-order valence-electron chi connectivity index (χ1n) is 8.49. The largest absolute Gasteiger partial charge is 0.379 e. The van der Waals surface area contributed by atoms with Crippen molar-refractivity contribution in [2.75, 3.05) is 32.8 Å². The van der Waals surface area contributed by atoms with Gasteiger partial charge in [-0.05, 0) is 37.9 Å². The van der Waals surface area contributed by atoms with E-state index in [1.165, 1.54) is 19.3 Å². The first kappa shape index (κ1) is 16.9. The average molecular weight is 338 g/mol. The van der Waals surface area contributed by atoms with Crippen molar-refractivity contribution in [2.45, 2.75) is 43.7 Å². The highest BCUT2D eigenvalue weighted by Crippen LogP contribution is 2.25. The lowest BCUT2D eigenvalue weighted by Gasteiger charge is -2.34. The molecule has 0 bridgehead atoms. The average Bonchev–Trinajstić information content (AvgIpc) is 2.58. The van der Waals surface area contributed by atoms with Crippen molar-refractivity contribution in [3.63, 3.8) is 0 Å². The van der Waals surface area contributed by atoms with Crippen molar-refractivity contribution in [3.8, 4) is 0 Å². The fourth-order valence-corrected chi connectivity index (χ4v) is 5.05. The Kier molecular flexibility index (Phi) is 5.36. The van der Waals surface area contributed by atoms with E-state index in [0.29, 0.717) is 43.8 Å². The van der Waals surface area contributed by atoms with E-state index in [-0.39, 0.29) is 0 Å². The van der Waals surface area contributed by atoms with Gasteiger partial charge in [-0.25, -0.2) is 8.42 Å².